The van der Waals surface area contributed by atoms with E-state index < -0.39 is 0 Å². The summed E-state index contributed by atoms with van der Waals surface area (Å²) in [7, 11) is 3.39. The number of nitrogens with zero attached hydrogens (tertiary/aromatic N) is 2. The van der Waals surface area contributed by atoms with Gasteiger partial charge < -0.3 is 14.5 Å². The normalized spacial score (nSPS) is 17.7. The molecule has 0 aliphatic carbocycles. The Morgan fingerprint density at radius 1 is 1.35 bits per heavy atom. The summed E-state index contributed by atoms with van der Waals surface area (Å²) >= 11 is 0. The molecule has 1 rings (SSSR count). The minimum atomic E-state index is -0.336. The molecule has 6 nitrogen and oxygen atoms in total. The summed E-state index contributed by atoms with van der Waals surface area (Å²) in [5.74, 6) is -0.00789. The lowest BCUT2D eigenvalue weighted by molar-refractivity contribution is -0.137. The highest BCUT2D eigenvalue weighted by Gasteiger charge is 2.22. The van der Waals surface area contributed by atoms with Crippen LogP contribution in [0.1, 0.15) is 6.92 Å². The van der Waals surface area contributed by atoms with E-state index in [4.69, 9.17) is 4.74 Å². The molecule has 98 valence electrons. The number of nitrogens with one attached hydrogen (secondary N) is 1. The molecular formula is C11H21N3O3. The van der Waals surface area contributed by atoms with Gasteiger partial charge in [0.2, 0.25) is 11.8 Å². The summed E-state index contributed by atoms with van der Waals surface area (Å²) in [5, 5.41) is 2.94. The highest BCUT2D eigenvalue weighted by Crippen LogP contribution is 2.00. The summed E-state index contributed by atoms with van der Waals surface area (Å²) < 4.78 is 5.18. The van der Waals surface area contributed by atoms with E-state index in [9.17, 15) is 9.59 Å². The molecule has 1 fully saturated rings. The van der Waals surface area contributed by atoms with Gasteiger partial charge in [0.15, 0.2) is 0 Å². The topological polar surface area (TPSA) is 61.9 Å². The average Bonchev–Trinajstić information content (AvgIpc) is 2.35. The van der Waals surface area contributed by atoms with Crippen LogP contribution in [0, 0.1) is 0 Å². The van der Waals surface area contributed by atoms with Crippen LogP contribution >= 0.6 is 0 Å². The standard InChI is InChI=1S/C11H21N3O3/c1-9(12-8-10(15)13(2)3)11(16)14-4-6-17-7-5-14/h9,12H,4-8H2,1-3H3. The minimum Gasteiger partial charge on any atom is -0.378 e. The molecule has 1 aliphatic rings. The van der Waals surface area contributed by atoms with Crippen molar-refractivity contribution in [2.75, 3.05) is 46.9 Å². The van der Waals surface area contributed by atoms with Gasteiger partial charge in [0, 0.05) is 27.2 Å². The van der Waals surface area contributed by atoms with Crippen LogP contribution in [0.4, 0.5) is 0 Å². The van der Waals surface area contributed by atoms with E-state index in [1.807, 2.05) is 0 Å². The molecule has 2 amide bonds. The number of carbonyl (C=O) groups excluding carboxylic acids is 2. The van der Waals surface area contributed by atoms with Crippen molar-refractivity contribution in [1.29, 1.82) is 0 Å². The lowest BCUT2D eigenvalue weighted by Gasteiger charge is -2.29. The number of ether oxygens (including phenoxy) is 1. The van der Waals surface area contributed by atoms with Gasteiger partial charge in [0.05, 0.1) is 25.8 Å². The molecule has 6 heteroatoms. The van der Waals surface area contributed by atoms with E-state index in [1.165, 1.54) is 4.90 Å². The molecular weight excluding hydrogens is 222 g/mol. The largest absolute Gasteiger partial charge is 0.378 e. The zero-order valence-electron chi connectivity index (χ0n) is 10.7. The van der Waals surface area contributed by atoms with Gasteiger partial charge in [-0.1, -0.05) is 0 Å². The Morgan fingerprint density at radius 3 is 2.47 bits per heavy atom. The van der Waals surface area contributed by atoms with Gasteiger partial charge in [-0.15, -0.1) is 0 Å². The summed E-state index contributed by atoms with van der Waals surface area (Å²) in [4.78, 5) is 26.6. The Bertz CT molecular complexity index is 275. The molecule has 1 saturated heterocycles. The van der Waals surface area contributed by atoms with Crippen molar-refractivity contribution in [2.45, 2.75) is 13.0 Å². The predicted octanol–water partition coefficient (Wildman–Crippen LogP) is -1.09. The quantitative estimate of drug-likeness (QED) is 0.681. The fourth-order valence-corrected chi connectivity index (χ4v) is 1.54. The summed E-state index contributed by atoms with van der Waals surface area (Å²) in [5.41, 5.74) is 0. The van der Waals surface area contributed by atoms with Gasteiger partial charge in [-0.25, -0.2) is 0 Å². The van der Waals surface area contributed by atoms with Crippen LogP contribution in [0.3, 0.4) is 0 Å². The van der Waals surface area contributed by atoms with Crippen LogP contribution < -0.4 is 5.32 Å². The van der Waals surface area contributed by atoms with Crippen LogP contribution in [0.25, 0.3) is 0 Å². The van der Waals surface area contributed by atoms with Gasteiger partial charge in [0.25, 0.3) is 0 Å². The van der Waals surface area contributed by atoms with Crippen molar-refractivity contribution in [2.24, 2.45) is 0 Å². The number of carbonyl (C=O) groups is 2. The van der Waals surface area contributed by atoms with Crippen LogP contribution in [0.2, 0.25) is 0 Å². The molecule has 1 unspecified atom stereocenters. The van der Waals surface area contributed by atoms with Gasteiger partial charge in [-0.3, -0.25) is 14.9 Å². The minimum absolute atomic E-state index is 0.0276. The first-order valence-corrected chi connectivity index (χ1v) is 5.82. The molecule has 0 radical (unpaired) electrons. The van der Waals surface area contributed by atoms with E-state index in [0.29, 0.717) is 26.3 Å². The monoisotopic (exact) mass is 243 g/mol. The van der Waals surface area contributed by atoms with Gasteiger partial charge in [0.1, 0.15) is 0 Å². The molecule has 0 aromatic carbocycles. The fourth-order valence-electron chi connectivity index (χ4n) is 1.54. The molecule has 1 heterocycles. The number of amides is 2. The Balaban J connectivity index is 2.33. The van der Waals surface area contributed by atoms with Crippen molar-refractivity contribution in [3.63, 3.8) is 0 Å². The summed E-state index contributed by atoms with van der Waals surface area (Å²) in [6, 6.07) is -0.336. The smallest absolute Gasteiger partial charge is 0.239 e. The molecule has 1 N–H and O–H groups in total. The maximum absolute atomic E-state index is 12.0. The maximum Gasteiger partial charge on any atom is 0.239 e. The SMILES string of the molecule is CC(NCC(=O)N(C)C)C(=O)N1CCOCC1. The third-order valence-corrected chi connectivity index (χ3v) is 2.75. The molecule has 1 aliphatic heterocycles. The summed E-state index contributed by atoms with van der Waals surface area (Å²) in [6.45, 7) is 4.41. The molecule has 1 atom stereocenters. The molecule has 0 bridgehead atoms. The van der Waals surface area contributed by atoms with Crippen LogP contribution in [0.5, 0.6) is 0 Å². The number of morpholine rings is 1. The van der Waals surface area contributed by atoms with Crippen LogP contribution in [0.15, 0.2) is 0 Å². The number of hydrogen-bond donors (Lipinski definition) is 1. The third-order valence-electron chi connectivity index (χ3n) is 2.75. The summed E-state index contributed by atoms with van der Waals surface area (Å²) in [6.07, 6.45) is 0. The number of hydrogen-bond acceptors (Lipinski definition) is 4. The van der Waals surface area contributed by atoms with E-state index in [1.54, 1.807) is 25.9 Å². The van der Waals surface area contributed by atoms with Crippen molar-refractivity contribution in [3.8, 4) is 0 Å². The Hall–Kier alpha value is -1.14. The first-order chi connectivity index (χ1) is 8.02. The lowest BCUT2D eigenvalue weighted by Crippen LogP contribution is -2.50. The van der Waals surface area contributed by atoms with Crippen molar-refractivity contribution < 1.29 is 14.3 Å². The molecule has 0 aromatic heterocycles. The zero-order valence-corrected chi connectivity index (χ0v) is 10.7. The van der Waals surface area contributed by atoms with E-state index >= 15 is 0 Å². The van der Waals surface area contributed by atoms with Gasteiger partial charge in [-0.2, -0.15) is 0 Å². The van der Waals surface area contributed by atoms with Crippen LogP contribution in [-0.2, 0) is 14.3 Å². The Kier molecular flexibility index (Phi) is 5.37. The molecule has 0 aromatic rings. The Labute approximate surface area is 102 Å². The molecule has 0 spiro atoms. The second-order valence-electron chi connectivity index (χ2n) is 4.33. The fraction of sp³-hybridized carbons (Fsp3) is 0.818. The van der Waals surface area contributed by atoms with E-state index in [2.05, 4.69) is 5.32 Å². The average molecular weight is 243 g/mol. The molecule has 0 saturated carbocycles. The third kappa shape index (κ3) is 4.32. The second-order valence-corrected chi connectivity index (χ2v) is 4.33. The second kappa shape index (κ2) is 6.56. The number of rotatable bonds is 4. The maximum atomic E-state index is 12.0. The van der Waals surface area contributed by atoms with Gasteiger partial charge >= 0.3 is 0 Å². The van der Waals surface area contributed by atoms with Crippen molar-refractivity contribution in [3.05, 3.63) is 0 Å². The first kappa shape index (κ1) is 13.9. The van der Waals surface area contributed by atoms with E-state index in [0.717, 1.165) is 0 Å². The number of likely N-dealkylation sites (N-methyl/N-ethyl adjacent to an activating group) is 1. The predicted molar refractivity (Wildman–Crippen MR) is 63.6 cm³/mol. The highest BCUT2D eigenvalue weighted by atomic mass is 16.5. The first-order valence-electron chi connectivity index (χ1n) is 5.82. The van der Waals surface area contributed by atoms with E-state index in [-0.39, 0.29) is 24.4 Å². The van der Waals surface area contributed by atoms with Gasteiger partial charge in [-0.05, 0) is 6.92 Å². The van der Waals surface area contributed by atoms with Crippen molar-refractivity contribution >= 4 is 11.8 Å². The van der Waals surface area contributed by atoms with Crippen molar-refractivity contribution in [1.82, 2.24) is 15.1 Å². The highest BCUT2D eigenvalue weighted by molar-refractivity contribution is 5.83. The van der Waals surface area contributed by atoms with Crippen LogP contribution in [-0.4, -0.2) is 74.6 Å². The Morgan fingerprint density at radius 2 is 1.94 bits per heavy atom. The lowest BCUT2D eigenvalue weighted by atomic mass is 10.2. The molecule has 17 heavy (non-hydrogen) atoms. The zero-order chi connectivity index (χ0) is 12.8.